The standard InChI is InChI=1S/C20H15F3N4O3S/c1-12-8-13(2-7-16(12)17-10-30-11-25-17)18-9-19(20(21,22)23)26-27(18)14-3-5-15(6-4-14)31(24,28)29/h2-11H,1H3,(H2,24,28,29). The maximum absolute atomic E-state index is 13.4. The number of aromatic nitrogens is 3. The van der Waals surface area contributed by atoms with Crippen LogP contribution in [-0.2, 0) is 16.2 Å². The molecule has 0 aliphatic heterocycles. The number of aryl methyl sites for hydroxylation is 1. The molecular formula is C20H15F3N4O3S. The Bertz CT molecular complexity index is 1340. The number of oxazole rings is 1. The number of benzene rings is 2. The zero-order valence-corrected chi connectivity index (χ0v) is 16.8. The maximum atomic E-state index is 13.4. The molecule has 0 spiro atoms. The summed E-state index contributed by atoms with van der Waals surface area (Å²) in [5.74, 6) is 0. The van der Waals surface area contributed by atoms with Crippen molar-refractivity contribution in [3.05, 3.63) is 72.4 Å². The fraction of sp³-hybridized carbons (Fsp3) is 0.100. The van der Waals surface area contributed by atoms with E-state index in [9.17, 15) is 21.6 Å². The van der Waals surface area contributed by atoms with E-state index in [1.54, 1.807) is 25.1 Å². The van der Waals surface area contributed by atoms with Crippen molar-refractivity contribution in [3.63, 3.8) is 0 Å². The summed E-state index contributed by atoms with van der Waals surface area (Å²) in [6, 6.07) is 11.2. The molecule has 0 unspecified atom stereocenters. The highest BCUT2D eigenvalue weighted by atomic mass is 32.2. The molecule has 0 saturated heterocycles. The van der Waals surface area contributed by atoms with E-state index in [2.05, 4.69) is 10.1 Å². The fourth-order valence-corrected chi connectivity index (χ4v) is 3.67. The number of hydrogen-bond donors (Lipinski definition) is 1. The van der Waals surface area contributed by atoms with Gasteiger partial charge in [0.1, 0.15) is 12.0 Å². The Morgan fingerprint density at radius 3 is 2.32 bits per heavy atom. The molecule has 4 aromatic rings. The van der Waals surface area contributed by atoms with Crippen molar-refractivity contribution in [1.29, 1.82) is 0 Å². The van der Waals surface area contributed by atoms with Gasteiger partial charge in [0.25, 0.3) is 0 Å². The lowest BCUT2D eigenvalue weighted by Crippen LogP contribution is -2.12. The molecule has 2 aromatic heterocycles. The Morgan fingerprint density at radius 2 is 1.77 bits per heavy atom. The molecule has 4 rings (SSSR count). The largest absolute Gasteiger partial charge is 0.451 e. The van der Waals surface area contributed by atoms with Crippen LogP contribution in [0.25, 0.3) is 28.2 Å². The van der Waals surface area contributed by atoms with E-state index >= 15 is 0 Å². The van der Waals surface area contributed by atoms with Crippen LogP contribution in [0.1, 0.15) is 11.3 Å². The van der Waals surface area contributed by atoms with Crippen molar-refractivity contribution in [2.75, 3.05) is 0 Å². The summed E-state index contributed by atoms with van der Waals surface area (Å²) in [5.41, 5.74) is 2.00. The van der Waals surface area contributed by atoms with Crippen molar-refractivity contribution in [2.45, 2.75) is 18.0 Å². The van der Waals surface area contributed by atoms with Crippen molar-refractivity contribution in [1.82, 2.24) is 14.8 Å². The molecule has 2 heterocycles. The van der Waals surface area contributed by atoms with Crippen LogP contribution in [0.3, 0.4) is 0 Å². The van der Waals surface area contributed by atoms with Crippen LogP contribution in [-0.4, -0.2) is 23.2 Å². The van der Waals surface area contributed by atoms with Gasteiger partial charge in [-0.25, -0.2) is 23.2 Å². The second-order valence-corrected chi connectivity index (χ2v) is 8.33. The molecule has 31 heavy (non-hydrogen) atoms. The molecule has 0 aliphatic carbocycles. The lowest BCUT2D eigenvalue weighted by molar-refractivity contribution is -0.141. The van der Waals surface area contributed by atoms with Crippen molar-refractivity contribution in [2.24, 2.45) is 5.14 Å². The number of sulfonamides is 1. The van der Waals surface area contributed by atoms with E-state index < -0.39 is 21.9 Å². The van der Waals surface area contributed by atoms with Crippen LogP contribution in [0.15, 0.2) is 70.5 Å². The van der Waals surface area contributed by atoms with E-state index in [0.29, 0.717) is 11.3 Å². The summed E-state index contributed by atoms with van der Waals surface area (Å²) < 4.78 is 69.1. The third-order valence-electron chi connectivity index (χ3n) is 4.64. The van der Waals surface area contributed by atoms with Gasteiger partial charge in [0.15, 0.2) is 12.1 Å². The first-order valence-electron chi connectivity index (χ1n) is 8.84. The summed E-state index contributed by atoms with van der Waals surface area (Å²) in [5, 5.41) is 8.79. The molecule has 0 fully saturated rings. The van der Waals surface area contributed by atoms with E-state index in [-0.39, 0.29) is 16.3 Å². The summed E-state index contributed by atoms with van der Waals surface area (Å²) in [6.45, 7) is 1.81. The fourth-order valence-electron chi connectivity index (χ4n) is 3.16. The topological polar surface area (TPSA) is 104 Å². The number of primary sulfonamides is 1. The Labute approximate surface area is 175 Å². The summed E-state index contributed by atoms with van der Waals surface area (Å²) >= 11 is 0. The van der Waals surface area contributed by atoms with Gasteiger partial charge in [0.2, 0.25) is 10.0 Å². The summed E-state index contributed by atoms with van der Waals surface area (Å²) in [4.78, 5) is 3.93. The second-order valence-electron chi connectivity index (χ2n) is 6.77. The van der Waals surface area contributed by atoms with Gasteiger partial charge in [-0.1, -0.05) is 12.1 Å². The minimum absolute atomic E-state index is 0.159. The Morgan fingerprint density at radius 1 is 1.06 bits per heavy atom. The molecule has 2 aromatic carbocycles. The van der Waals surface area contributed by atoms with Gasteiger partial charge in [0, 0.05) is 11.1 Å². The van der Waals surface area contributed by atoms with Gasteiger partial charge in [-0.2, -0.15) is 18.3 Å². The van der Waals surface area contributed by atoms with E-state index in [1.807, 2.05) is 0 Å². The highest BCUT2D eigenvalue weighted by molar-refractivity contribution is 7.89. The molecule has 0 atom stereocenters. The number of nitrogens with two attached hydrogens (primary N) is 1. The molecule has 0 radical (unpaired) electrons. The molecule has 160 valence electrons. The van der Waals surface area contributed by atoms with Gasteiger partial charge < -0.3 is 4.42 Å². The van der Waals surface area contributed by atoms with Crippen LogP contribution in [0.2, 0.25) is 0 Å². The van der Waals surface area contributed by atoms with Crippen LogP contribution in [0.5, 0.6) is 0 Å². The molecule has 7 nitrogen and oxygen atoms in total. The van der Waals surface area contributed by atoms with Crippen LogP contribution in [0, 0.1) is 6.92 Å². The normalized spacial score (nSPS) is 12.3. The molecule has 0 amide bonds. The van der Waals surface area contributed by atoms with E-state index in [1.165, 1.54) is 36.9 Å². The highest BCUT2D eigenvalue weighted by Crippen LogP contribution is 2.35. The highest BCUT2D eigenvalue weighted by Gasteiger charge is 2.35. The van der Waals surface area contributed by atoms with Crippen molar-refractivity contribution >= 4 is 10.0 Å². The van der Waals surface area contributed by atoms with Gasteiger partial charge in [-0.3, -0.25) is 0 Å². The third kappa shape index (κ3) is 4.09. The molecule has 11 heteroatoms. The number of hydrogen-bond acceptors (Lipinski definition) is 5. The Balaban J connectivity index is 1.84. The van der Waals surface area contributed by atoms with Gasteiger partial charge in [0.05, 0.1) is 16.3 Å². The average molecular weight is 448 g/mol. The molecule has 2 N–H and O–H groups in total. The second kappa shape index (κ2) is 7.36. The number of alkyl halides is 3. The lowest BCUT2D eigenvalue weighted by atomic mass is 10.0. The first-order chi connectivity index (χ1) is 14.5. The number of rotatable bonds is 4. The minimum atomic E-state index is -4.66. The first kappa shape index (κ1) is 20.8. The Kier molecular flexibility index (Phi) is 4.94. The van der Waals surface area contributed by atoms with Crippen molar-refractivity contribution in [3.8, 4) is 28.2 Å². The summed E-state index contributed by atoms with van der Waals surface area (Å²) in [7, 11) is -3.94. The molecular weight excluding hydrogens is 433 g/mol. The van der Waals surface area contributed by atoms with E-state index in [4.69, 9.17) is 9.56 Å². The maximum Gasteiger partial charge on any atom is 0.435 e. The molecule has 0 saturated carbocycles. The lowest BCUT2D eigenvalue weighted by Gasteiger charge is -2.10. The van der Waals surface area contributed by atoms with Crippen molar-refractivity contribution < 1.29 is 26.0 Å². The zero-order valence-electron chi connectivity index (χ0n) is 16.0. The monoisotopic (exact) mass is 448 g/mol. The van der Waals surface area contributed by atoms with Gasteiger partial charge in [-0.15, -0.1) is 0 Å². The van der Waals surface area contributed by atoms with E-state index in [0.717, 1.165) is 21.9 Å². The predicted octanol–water partition coefficient (Wildman–Crippen LogP) is 4.17. The first-order valence-corrected chi connectivity index (χ1v) is 10.4. The predicted molar refractivity (Wildman–Crippen MR) is 106 cm³/mol. The minimum Gasteiger partial charge on any atom is -0.451 e. The molecule has 0 bridgehead atoms. The quantitative estimate of drug-likeness (QED) is 0.505. The smallest absolute Gasteiger partial charge is 0.435 e. The third-order valence-corrected chi connectivity index (χ3v) is 5.57. The van der Waals surface area contributed by atoms with Crippen LogP contribution >= 0.6 is 0 Å². The SMILES string of the molecule is Cc1cc(-c2cc(C(F)(F)F)nn2-c2ccc(S(N)(=O)=O)cc2)ccc1-c1cocn1. The average Bonchev–Trinajstić information content (AvgIpc) is 3.37. The number of halogens is 3. The van der Waals surface area contributed by atoms with Crippen LogP contribution < -0.4 is 5.14 Å². The molecule has 0 aliphatic rings. The van der Waals surface area contributed by atoms with Gasteiger partial charge >= 0.3 is 6.18 Å². The van der Waals surface area contributed by atoms with Crippen LogP contribution in [0.4, 0.5) is 13.2 Å². The van der Waals surface area contributed by atoms with Gasteiger partial charge in [-0.05, 0) is 48.9 Å². The number of nitrogens with zero attached hydrogens (tertiary/aromatic N) is 3. The Hall–Kier alpha value is -3.44. The zero-order chi connectivity index (χ0) is 22.4. The summed E-state index contributed by atoms with van der Waals surface area (Å²) in [6.07, 6.45) is -1.89.